The summed E-state index contributed by atoms with van der Waals surface area (Å²) in [6.07, 6.45) is 16.8. The van der Waals surface area contributed by atoms with E-state index in [-0.39, 0.29) is 5.75 Å². The van der Waals surface area contributed by atoms with Crippen molar-refractivity contribution < 1.29 is 26.1 Å². The minimum absolute atomic E-state index is 0.368. The molecule has 0 bridgehead atoms. The van der Waals surface area contributed by atoms with Crippen molar-refractivity contribution in [3.05, 3.63) is 25.1 Å². The van der Waals surface area contributed by atoms with Gasteiger partial charge in [-0.15, -0.1) is 6.58 Å². The molecule has 0 saturated carbocycles. The highest BCUT2D eigenvalue weighted by Crippen LogP contribution is 2.10. The van der Waals surface area contributed by atoms with Crippen molar-refractivity contribution in [2.75, 3.05) is 26.0 Å². The molecule has 9 heteroatoms. The predicted octanol–water partition coefficient (Wildman–Crippen LogP) is 5.04. The fourth-order valence-electron chi connectivity index (χ4n) is 2.33. The molecular weight excluding hydrogens is 381 g/mol. The van der Waals surface area contributed by atoms with E-state index in [4.69, 9.17) is 4.55 Å². The molecule has 1 aliphatic rings. The Hall–Kier alpha value is -1.22. The number of hydrogen-bond donors (Lipinski definition) is 1. The zero-order chi connectivity index (χ0) is 21.1. The number of alkyl halides is 3. The van der Waals surface area contributed by atoms with E-state index in [9.17, 15) is 21.6 Å². The quantitative estimate of drug-likeness (QED) is 0.290. The summed E-state index contributed by atoms with van der Waals surface area (Å²) in [6, 6.07) is 0. The third kappa shape index (κ3) is 27.1. The predicted molar refractivity (Wildman–Crippen MR) is 105 cm³/mol. The van der Waals surface area contributed by atoms with Gasteiger partial charge in [0.05, 0.1) is 12.4 Å². The van der Waals surface area contributed by atoms with Crippen molar-refractivity contribution in [3.8, 4) is 0 Å². The summed E-state index contributed by atoms with van der Waals surface area (Å²) in [5.74, 6) is -0.368. The molecule has 5 nitrogen and oxygen atoms in total. The van der Waals surface area contributed by atoms with Crippen LogP contribution in [-0.4, -0.2) is 55.5 Å². The molecule has 0 saturated heterocycles. The summed E-state index contributed by atoms with van der Waals surface area (Å²) in [7, 11) is -1.66. The first-order valence-corrected chi connectivity index (χ1v) is 10.8. The maximum absolute atomic E-state index is 9.72. The van der Waals surface area contributed by atoms with E-state index in [0.717, 1.165) is 12.7 Å². The highest BCUT2D eigenvalue weighted by Gasteiger charge is 2.06. The van der Waals surface area contributed by atoms with Gasteiger partial charge in [0.2, 0.25) is 0 Å². The van der Waals surface area contributed by atoms with Crippen molar-refractivity contribution in [2.24, 2.45) is 0 Å². The molecule has 1 rings (SSSR count). The van der Waals surface area contributed by atoms with Crippen molar-refractivity contribution >= 4 is 10.1 Å². The SMILES string of the molecule is C=CCS(=O)(=O)O.CCCCCCCCCCN1C=CN(C)C1.FC(F)F. The van der Waals surface area contributed by atoms with Crippen LogP contribution >= 0.6 is 0 Å². The Bertz CT molecular complexity index is 472. The van der Waals surface area contributed by atoms with Gasteiger partial charge in [0.25, 0.3) is 10.1 Å². The number of hydrogen-bond acceptors (Lipinski definition) is 4. The summed E-state index contributed by atoms with van der Waals surface area (Å²) in [5.41, 5.74) is 0. The molecule has 0 spiro atoms. The van der Waals surface area contributed by atoms with Gasteiger partial charge in [-0.25, -0.2) is 0 Å². The first-order chi connectivity index (χ1) is 12.6. The highest BCUT2D eigenvalue weighted by molar-refractivity contribution is 7.85. The summed E-state index contributed by atoms with van der Waals surface area (Å²) >= 11 is 0. The molecule has 1 heterocycles. The number of rotatable bonds is 11. The van der Waals surface area contributed by atoms with Crippen molar-refractivity contribution in [3.63, 3.8) is 0 Å². The average molecular weight is 417 g/mol. The lowest BCUT2D eigenvalue weighted by Gasteiger charge is -2.17. The van der Waals surface area contributed by atoms with E-state index in [1.807, 2.05) is 0 Å². The monoisotopic (exact) mass is 416 g/mol. The molecule has 1 aliphatic heterocycles. The lowest BCUT2D eigenvalue weighted by atomic mass is 10.1. The van der Waals surface area contributed by atoms with Crippen LogP contribution in [0.25, 0.3) is 0 Å². The Labute approximate surface area is 162 Å². The number of unbranched alkanes of at least 4 members (excludes halogenated alkanes) is 7. The van der Waals surface area contributed by atoms with Crippen molar-refractivity contribution in [1.29, 1.82) is 0 Å². The van der Waals surface area contributed by atoms with Crippen molar-refractivity contribution in [1.82, 2.24) is 9.80 Å². The van der Waals surface area contributed by atoms with Gasteiger partial charge in [0.15, 0.2) is 0 Å². The first kappa shape index (κ1) is 28.0. The summed E-state index contributed by atoms with van der Waals surface area (Å²) in [6.45, 7) is 4.03. The lowest BCUT2D eigenvalue weighted by Crippen LogP contribution is -2.23. The minimum atomic E-state index is -3.79. The second kappa shape index (κ2) is 18.2. The molecule has 162 valence electrons. The van der Waals surface area contributed by atoms with Crippen LogP contribution in [0.1, 0.15) is 58.3 Å². The number of nitrogens with zero attached hydrogens (tertiary/aromatic N) is 2. The van der Waals surface area contributed by atoms with Gasteiger partial charge in [0.1, 0.15) is 0 Å². The Morgan fingerprint density at radius 3 is 1.89 bits per heavy atom. The molecule has 0 unspecified atom stereocenters. The molecule has 0 aromatic carbocycles. The molecule has 0 radical (unpaired) electrons. The van der Waals surface area contributed by atoms with E-state index in [1.165, 1.54) is 57.9 Å². The molecule has 0 aliphatic carbocycles. The van der Waals surface area contributed by atoms with Crippen LogP contribution in [0.15, 0.2) is 25.1 Å². The summed E-state index contributed by atoms with van der Waals surface area (Å²) < 4.78 is 56.3. The summed E-state index contributed by atoms with van der Waals surface area (Å²) in [4.78, 5) is 4.63. The third-order valence-corrected chi connectivity index (χ3v) is 4.22. The normalized spacial score (nSPS) is 13.1. The first-order valence-electron chi connectivity index (χ1n) is 9.23. The zero-order valence-corrected chi connectivity index (χ0v) is 17.3. The molecule has 1 N–H and O–H groups in total. The molecule has 0 amide bonds. The lowest BCUT2D eigenvalue weighted by molar-refractivity contribution is 0.00819. The molecule has 27 heavy (non-hydrogen) atoms. The smallest absolute Gasteiger partial charge is 0.362 e. The molecule has 0 aromatic heterocycles. The van der Waals surface area contributed by atoms with Gasteiger partial charge in [0, 0.05) is 26.0 Å². The fourth-order valence-corrected chi connectivity index (χ4v) is 2.63. The largest absolute Gasteiger partial charge is 0.379 e. The van der Waals surface area contributed by atoms with E-state index in [2.05, 4.69) is 42.8 Å². The van der Waals surface area contributed by atoms with Crippen LogP contribution in [0.2, 0.25) is 0 Å². The maximum atomic E-state index is 9.72. The van der Waals surface area contributed by atoms with Crippen LogP contribution in [0.4, 0.5) is 13.2 Å². The number of halogens is 3. The highest BCUT2D eigenvalue weighted by atomic mass is 32.2. The van der Waals surface area contributed by atoms with E-state index in [1.54, 1.807) is 0 Å². The van der Waals surface area contributed by atoms with Crippen molar-refractivity contribution in [2.45, 2.75) is 65.0 Å². The van der Waals surface area contributed by atoms with Gasteiger partial charge in [-0.1, -0.05) is 57.9 Å². The van der Waals surface area contributed by atoms with Crippen LogP contribution in [0.3, 0.4) is 0 Å². The van der Waals surface area contributed by atoms with Crippen LogP contribution in [-0.2, 0) is 10.1 Å². The average Bonchev–Trinajstić information content (AvgIpc) is 2.94. The topological polar surface area (TPSA) is 60.9 Å². The van der Waals surface area contributed by atoms with Gasteiger partial charge < -0.3 is 9.80 Å². The Morgan fingerprint density at radius 1 is 1.07 bits per heavy atom. The van der Waals surface area contributed by atoms with Gasteiger partial charge in [-0.2, -0.15) is 21.6 Å². The minimum Gasteiger partial charge on any atom is -0.362 e. The van der Waals surface area contributed by atoms with E-state index >= 15 is 0 Å². The van der Waals surface area contributed by atoms with Gasteiger partial charge in [-0.05, 0) is 6.42 Å². The Morgan fingerprint density at radius 2 is 1.56 bits per heavy atom. The van der Waals surface area contributed by atoms with E-state index < -0.39 is 16.8 Å². The Kier molecular flexibility index (Phi) is 18.8. The Balaban J connectivity index is 0. The molecule has 0 fully saturated rings. The van der Waals surface area contributed by atoms with Crippen LogP contribution in [0, 0.1) is 0 Å². The van der Waals surface area contributed by atoms with E-state index in [0.29, 0.717) is 0 Å². The van der Waals surface area contributed by atoms with Gasteiger partial charge in [-0.3, -0.25) is 4.55 Å². The second-order valence-electron chi connectivity index (χ2n) is 6.27. The second-order valence-corrected chi connectivity index (χ2v) is 7.77. The third-order valence-electron chi connectivity index (χ3n) is 3.56. The zero-order valence-electron chi connectivity index (χ0n) is 16.5. The maximum Gasteiger partial charge on any atom is 0.379 e. The standard InChI is InChI=1S/C14H28N2.C3H6O3S.CHF3/c1-3-4-5-6-7-8-9-10-11-16-13-12-15(2)14-16;1-2-3-7(4,5)6;2-1(3)4/h12-13H,3-11,14H2,1-2H3;2H,1,3H2,(H,4,5,6);1H. The summed E-state index contributed by atoms with van der Waals surface area (Å²) in [5, 5.41) is 0. The van der Waals surface area contributed by atoms with Crippen LogP contribution < -0.4 is 0 Å². The molecular formula is C18H35F3N2O3S. The molecule has 0 atom stereocenters. The van der Waals surface area contributed by atoms with Crippen LogP contribution in [0.5, 0.6) is 0 Å². The molecule has 0 aromatic rings. The van der Waals surface area contributed by atoms with Gasteiger partial charge >= 0.3 is 6.68 Å². The fraction of sp³-hybridized carbons (Fsp3) is 0.778.